The first-order chi connectivity index (χ1) is 10.8. The van der Waals surface area contributed by atoms with E-state index in [1.807, 2.05) is 20.8 Å². The number of carbonyl (C=O) groups is 3. The van der Waals surface area contributed by atoms with Crippen LogP contribution in [0.1, 0.15) is 44.5 Å². The Labute approximate surface area is 136 Å². The second kappa shape index (κ2) is 8.31. The van der Waals surface area contributed by atoms with Gasteiger partial charge in [0.15, 0.2) is 0 Å². The number of carboxylic acid groups (broad SMARTS) is 1. The molecule has 2 N–H and O–H groups in total. The Hall–Kier alpha value is -2.37. The van der Waals surface area contributed by atoms with E-state index in [1.165, 1.54) is 6.92 Å². The average molecular weight is 320 g/mol. The third-order valence-corrected chi connectivity index (χ3v) is 3.53. The summed E-state index contributed by atoms with van der Waals surface area (Å²) in [6.07, 6.45) is 0.828. The minimum atomic E-state index is -1.21. The molecule has 0 saturated heterocycles. The minimum absolute atomic E-state index is 0.0316. The Morgan fingerprint density at radius 3 is 2.30 bits per heavy atom. The minimum Gasteiger partial charge on any atom is -0.481 e. The lowest BCUT2D eigenvalue weighted by Gasteiger charge is -2.27. The lowest BCUT2D eigenvalue weighted by molar-refractivity contribution is -0.144. The van der Waals surface area contributed by atoms with Gasteiger partial charge in [-0.15, -0.1) is 0 Å². The summed E-state index contributed by atoms with van der Waals surface area (Å²) in [4.78, 5) is 37.3. The SMILES string of the molecule is CCCN(C(=O)c1ccccc1NC(=O)C(C)C(=O)O)C(C)C. The highest BCUT2D eigenvalue weighted by atomic mass is 16.4. The van der Waals surface area contributed by atoms with Crippen LogP contribution in [0.4, 0.5) is 5.69 Å². The highest BCUT2D eigenvalue weighted by Crippen LogP contribution is 2.19. The fraction of sp³-hybridized carbons (Fsp3) is 0.471. The lowest BCUT2D eigenvalue weighted by Crippen LogP contribution is -2.38. The second-order valence-corrected chi connectivity index (χ2v) is 5.69. The van der Waals surface area contributed by atoms with Crippen LogP contribution in [-0.4, -0.2) is 40.4 Å². The van der Waals surface area contributed by atoms with Crippen molar-refractivity contribution >= 4 is 23.5 Å². The number of hydrogen-bond donors (Lipinski definition) is 2. The van der Waals surface area contributed by atoms with Crippen molar-refractivity contribution < 1.29 is 19.5 Å². The first-order valence-electron chi connectivity index (χ1n) is 7.73. The quantitative estimate of drug-likeness (QED) is 0.756. The molecule has 1 atom stereocenters. The van der Waals surface area contributed by atoms with Gasteiger partial charge >= 0.3 is 5.97 Å². The third kappa shape index (κ3) is 4.81. The topological polar surface area (TPSA) is 86.7 Å². The first kappa shape index (κ1) is 18.7. The Morgan fingerprint density at radius 2 is 1.78 bits per heavy atom. The Kier molecular flexibility index (Phi) is 6.75. The molecule has 0 fully saturated rings. The van der Waals surface area contributed by atoms with Crippen molar-refractivity contribution in [3.05, 3.63) is 29.8 Å². The number of hydrogen-bond acceptors (Lipinski definition) is 3. The van der Waals surface area contributed by atoms with Crippen LogP contribution in [0.5, 0.6) is 0 Å². The van der Waals surface area contributed by atoms with Gasteiger partial charge in [-0.25, -0.2) is 0 Å². The zero-order valence-corrected chi connectivity index (χ0v) is 14.0. The molecule has 1 aromatic rings. The number of nitrogens with zero attached hydrogens (tertiary/aromatic N) is 1. The molecule has 23 heavy (non-hydrogen) atoms. The number of para-hydroxylation sites is 1. The van der Waals surface area contributed by atoms with Crippen LogP contribution in [-0.2, 0) is 9.59 Å². The van der Waals surface area contributed by atoms with E-state index >= 15 is 0 Å². The summed E-state index contributed by atoms with van der Waals surface area (Å²) in [5.74, 6) is -3.22. The van der Waals surface area contributed by atoms with Gasteiger partial charge in [0.2, 0.25) is 5.91 Å². The molecule has 0 heterocycles. The molecule has 1 rings (SSSR count). The molecule has 1 aromatic carbocycles. The summed E-state index contributed by atoms with van der Waals surface area (Å²) in [7, 11) is 0. The molecule has 0 radical (unpaired) electrons. The largest absolute Gasteiger partial charge is 0.481 e. The highest BCUT2D eigenvalue weighted by Gasteiger charge is 2.24. The van der Waals surface area contributed by atoms with Gasteiger partial charge in [0.25, 0.3) is 5.91 Å². The number of nitrogens with one attached hydrogen (secondary N) is 1. The van der Waals surface area contributed by atoms with Crippen LogP contribution >= 0.6 is 0 Å². The molecule has 6 nitrogen and oxygen atoms in total. The van der Waals surface area contributed by atoms with Gasteiger partial charge in [-0.1, -0.05) is 19.1 Å². The van der Waals surface area contributed by atoms with Crippen LogP contribution in [0.2, 0.25) is 0 Å². The van der Waals surface area contributed by atoms with Crippen molar-refractivity contribution in [3.8, 4) is 0 Å². The molecule has 0 aliphatic heterocycles. The summed E-state index contributed by atoms with van der Waals surface area (Å²) >= 11 is 0. The summed E-state index contributed by atoms with van der Waals surface area (Å²) in [5.41, 5.74) is 0.693. The molecule has 0 aliphatic carbocycles. The Bertz CT molecular complexity index is 584. The van der Waals surface area contributed by atoms with Gasteiger partial charge in [-0.05, 0) is 39.3 Å². The zero-order chi connectivity index (χ0) is 17.6. The Morgan fingerprint density at radius 1 is 1.17 bits per heavy atom. The zero-order valence-electron chi connectivity index (χ0n) is 14.0. The number of rotatable bonds is 7. The van der Waals surface area contributed by atoms with Gasteiger partial charge in [-0.2, -0.15) is 0 Å². The van der Waals surface area contributed by atoms with E-state index in [4.69, 9.17) is 5.11 Å². The molecule has 1 unspecified atom stereocenters. The molecule has 0 bridgehead atoms. The number of carbonyl (C=O) groups excluding carboxylic acids is 2. The van der Waals surface area contributed by atoms with E-state index in [9.17, 15) is 14.4 Å². The smallest absolute Gasteiger partial charge is 0.315 e. The van der Waals surface area contributed by atoms with Gasteiger partial charge in [0.1, 0.15) is 5.92 Å². The molecular weight excluding hydrogens is 296 g/mol. The molecule has 0 aromatic heterocycles. The normalized spacial score (nSPS) is 11.9. The number of carboxylic acids is 1. The van der Waals surface area contributed by atoms with Crippen LogP contribution < -0.4 is 5.32 Å². The molecule has 0 spiro atoms. The standard InChI is InChI=1S/C17H24N2O4/c1-5-10-19(11(2)3)16(21)13-8-6-7-9-14(13)18-15(20)12(4)17(22)23/h6-9,11-12H,5,10H2,1-4H3,(H,18,20)(H,22,23). The summed E-state index contributed by atoms with van der Waals surface area (Å²) in [5, 5.41) is 11.4. The van der Waals surface area contributed by atoms with Crippen LogP contribution in [0, 0.1) is 5.92 Å². The van der Waals surface area contributed by atoms with E-state index in [0.717, 1.165) is 6.42 Å². The molecule has 0 aliphatic rings. The monoisotopic (exact) mass is 320 g/mol. The van der Waals surface area contributed by atoms with Crippen LogP contribution in [0.25, 0.3) is 0 Å². The van der Waals surface area contributed by atoms with Crippen LogP contribution in [0.3, 0.4) is 0 Å². The van der Waals surface area contributed by atoms with Crippen LogP contribution in [0.15, 0.2) is 24.3 Å². The molecule has 0 saturated carbocycles. The molecule has 126 valence electrons. The van der Waals surface area contributed by atoms with Crippen molar-refractivity contribution in [2.45, 2.75) is 40.2 Å². The van der Waals surface area contributed by atoms with Crippen molar-refractivity contribution in [2.75, 3.05) is 11.9 Å². The van der Waals surface area contributed by atoms with E-state index in [-0.39, 0.29) is 11.9 Å². The third-order valence-electron chi connectivity index (χ3n) is 3.53. The van der Waals surface area contributed by atoms with Gasteiger partial charge in [0, 0.05) is 12.6 Å². The van der Waals surface area contributed by atoms with E-state index in [0.29, 0.717) is 17.8 Å². The van der Waals surface area contributed by atoms with E-state index in [1.54, 1.807) is 29.2 Å². The van der Waals surface area contributed by atoms with Crippen molar-refractivity contribution in [1.82, 2.24) is 4.90 Å². The van der Waals surface area contributed by atoms with Crippen molar-refractivity contribution in [3.63, 3.8) is 0 Å². The fourth-order valence-corrected chi connectivity index (χ4v) is 2.12. The maximum absolute atomic E-state index is 12.7. The second-order valence-electron chi connectivity index (χ2n) is 5.69. The number of aliphatic carboxylic acids is 1. The number of benzene rings is 1. The number of anilines is 1. The lowest BCUT2D eigenvalue weighted by atomic mass is 10.1. The predicted octanol–water partition coefficient (Wildman–Crippen LogP) is 2.61. The Balaban J connectivity index is 3.07. The maximum Gasteiger partial charge on any atom is 0.315 e. The summed E-state index contributed by atoms with van der Waals surface area (Å²) in [6, 6.07) is 6.67. The number of amides is 2. The average Bonchev–Trinajstić information content (AvgIpc) is 2.51. The molecule has 6 heteroatoms. The summed E-state index contributed by atoms with van der Waals surface area (Å²) < 4.78 is 0. The first-order valence-corrected chi connectivity index (χ1v) is 7.73. The summed E-state index contributed by atoms with van der Waals surface area (Å²) in [6.45, 7) is 7.78. The predicted molar refractivity (Wildman–Crippen MR) is 88.3 cm³/mol. The maximum atomic E-state index is 12.7. The van der Waals surface area contributed by atoms with Gasteiger partial charge in [-0.3, -0.25) is 14.4 Å². The highest BCUT2D eigenvalue weighted by molar-refractivity contribution is 6.08. The van der Waals surface area contributed by atoms with Gasteiger partial charge in [0.05, 0.1) is 11.3 Å². The van der Waals surface area contributed by atoms with Crippen molar-refractivity contribution in [2.24, 2.45) is 5.92 Å². The van der Waals surface area contributed by atoms with Gasteiger partial charge < -0.3 is 15.3 Å². The van der Waals surface area contributed by atoms with E-state index < -0.39 is 17.8 Å². The fourth-order valence-electron chi connectivity index (χ4n) is 2.12. The molecular formula is C17H24N2O4. The van der Waals surface area contributed by atoms with E-state index in [2.05, 4.69) is 5.32 Å². The van der Waals surface area contributed by atoms with Crippen molar-refractivity contribution in [1.29, 1.82) is 0 Å². The molecule has 2 amide bonds.